The number of thioether (sulfide) groups is 1. The number of nitrogens with one attached hydrogen (secondary N) is 2. The Balaban J connectivity index is 2.22. The molecule has 9 heteroatoms. The lowest BCUT2D eigenvalue weighted by Gasteiger charge is -2.26. The smallest absolute Gasteiger partial charge is 0.416 e. The van der Waals surface area contributed by atoms with E-state index in [0.29, 0.717) is 10.6 Å². The van der Waals surface area contributed by atoms with E-state index in [4.69, 9.17) is 4.74 Å². The Kier molecular flexibility index (Phi) is 5.99. The average Bonchev–Trinajstić information content (AvgIpc) is 2.52. The molecule has 1 atom stereocenters. The van der Waals surface area contributed by atoms with Crippen LogP contribution in [0.1, 0.15) is 19.4 Å². The number of carbonyl (C=O) groups is 2. The van der Waals surface area contributed by atoms with Gasteiger partial charge < -0.3 is 15.4 Å². The molecule has 0 radical (unpaired) electrons. The lowest BCUT2D eigenvalue weighted by molar-refractivity contribution is -0.139. The Morgan fingerprint density at radius 2 is 2.08 bits per heavy atom. The summed E-state index contributed by atoms with van der Waals surface area (Å²) in [6.45, 7) is 3.48. The molecule has 2 N–H and O–H groups in total. The van der Waals surface area contributed by atoms with Gasteiger partial charge in [-0.3, -0.25) is 0 Å². The van der Waals surface area contributed by atoms with Gasteiger partial charge in [0.2, 0.25) is 0 Å². The van der Waals surface area contributed by atoms with Crippen LogP contribution >= 0.6 is 11.8 Å². The third-order valence-electron chi connectivity index (χ3n) is 3.41. The summed E-state index contributed by atoms with van der Waals surface area (Å²) in [6.07, 6.45) is -4.43. The van der Waals surface area contributed by atoms with Gasteiger partial charge in [0, 0.05) is 16.3 Å². The van der Waals surface area contributed by atoms with E-state index < -0.39 is 29.8 Å². The molecule has 0 saturated heterocycles. The number of hydrogen-bond donors (Lipinski definition) is 2. The first-order valence-electron chi connectivity index (χ1n) is 7.50. The second kappa shape index (κ2) is 7.81. The van der Waals surface area contributed by atoms with Crippen molar-refractivity contribution >= 4 is 23.8 Å². The Morgan fingerprint density at radius 3 is 2.72 bits per heavy atom. The molecule has 1 aromatic rings. The van der Waals surface area contributed by atoms with Crippen LogP contribution in [0.4, 0.5) is 18.0 Å². The number of carbonyl (C=O) groups excluding carboxylic acids is 2. The van der Waals surface area contributed by atoms with Gasteiger partial charge in [-0.2, -0.15) is 13.2 Å². The lowest BCUT2D eigenvalue weighted by Crippen LogP contribution is -2.49. The summed E-state index contributed by atoms with van der Waals surface area (Å²) in [5.74, 6) is -0.435. The molecule has 25 heavy (non-hydrogen) atoms. The molecule has 0 saturated carbocycles. The molecule has 0 aromatic heterocycles. The minimum atomic E-state index is -4.43. The second-order valence-corrected chi connectivity index (χ2v) is 6.30. The molecule has 1 heterocycles. The van der Waals surface area contributed by atoms with E-state index >= 15 is 0 Å². The van der Waals surface area contributed by atoms with Gasteiger partial charge in [-0.25, -0.2) is 9.59 Å². The van der Waals surface area contributed by atoms with Gasteiger partial charge >= 0.3 is 18.2 Å². The van der Waals surface area contributed by atoms with E-state index in [-0.39, 0.29) is 17.9 Å². The number of rotatable bonds is 5. The zero-order valence-corrected chi connectivity index (χ0v) is 14.4. The Morgan fingerprint density at radius 1 is 1.36 bits per heavy atom. The third kappa shape index (κ3) is 4.91. The van der Waals surface area contributed by atoms with Crippen molar-refractivity contribution in [2.75, 3.05) is 12.4 Å². The van der Waals surface area contributed by atoms with Crippen LogP contribution in [0.25, 0.3) is 0 Å². The largest absolute Gasteiger partial charge is 0.463 e. The predicted octanol–water partition coefficient (Wildman–Crippen LogP) is 3.32. The zero-order chi connectivity index (χ0) is 18.6. The van der Waals surface area contributed by atoms with Crippen molar-refractivity contribution in [1.29, 1.82) is 0 Å². The van der Waals surface area contributed by atoms with Crippen LogP contribution in [0.2, 0.25) is 0 Å². The molecule has 1 aliphatic heterocycles. The van der Waals surface area contributed by atoms with Crippen molar-refractivity contribution in [1.82, 2.24) is 10.6 Å². The number of urea groups is 1. The van der Waals surface area contributed by atoms with Crippen LogP contribution < -0.4 is 10.6 Å². The molecule has 0 fully saturated rings. The minimum absolute atomic E-state index is 0.132. The summed E-state index contributed by atoms with van der Waals surface area (Å²) in [7, 11) is 0. The Labute approximate surface area is 147 Å². The summed E-state index contributed by atoms with van der Waals surface area (Å²) in [6, 6.07) is 3.85. The van der Waals surface area contributed by atoms with Gasteiger partial charge in [0.05, 0.1) is 23.8 Å². The van der Waals surface area contributed by atoms with Gasteiger partial charge in [0.15, 0.2) is 0 Å². The lowest BCUT2D eigenvalue weighted by atomic mass is 10.1. The highest BCUT2D eigenvalue weighted by Crippen LogP contribution is 2.32. The van der Waals surface area contributed by atoms with Crippen molar-refractivity contribution in [3.8, 4) is 0 Å². The van der Waals surface area contributed by atoms with E-state index in [2.05, 4.69) is 10.6 Å². The molecule has 0 bridgehead atoms. The first-order chi connectivity index (χ1) is 11.7. The summed E-state index contributed by atoms with van der Waals surface area (Å²) in [5.41, 5.74) is -0.155. The summed E-state index contributed by atoms with van der Waals surface area (Å²) >= 11 is 1.09. The third-order valence-corrected chi connectivity index (χ3v) is 4.43. The van der Waals surface area contributed by atoms with Gasteiger partial charge in [-0.15, -0.1) is 11.8 Å². The maximum Gasteiger partial charge on any atom is 0.416 e. The van der Waals surface area contributed by atoms with E-state index in [9.17, 15) is 22.8 Å². The van der Waals surface area contributed by atoms with Crippen LogP contribution in [-0.4, -0.2) is 30.4 Å². The second-order valence-electron chi connectivity index (χ2n) is 5.25. The maximum atomic E-state index is 12.8. The fourth-order valence-corrected chi connectivity index (χ4v) is 3.23. The fourth-order valence-electron chi connectivity index (χ4n) is 2.31. The molecule has 5 nitrogen and oxygen atoms in total. The van der Waals surface area contributed by atoms with Gasteiger partial charge in [0.1, 0.15) is 0 Å². The molecule has 2 amide bonds. The number of benzene rings is 1. The molecular weight excluding hydrogens is 357 g/mol. The monoisotopic (exact) mass is 374 g/mol. The Hall–Kier alpha value is -2.16. The summed E-state index contributed by atoms with van der Waals surface area (Å²) in [4.78, 5) is 24.1. The summed E-state index contributed by atoms with van der Waals surface area (Å²) in [5, 5.41) is 5.10. The van der Waals surface area contributed by atoms with E-state index in [1.165, 1.54) is 12.1 Å². The number of ether oxygens (including phenoxy) is 1. The first-order valence-corrected chi connectivity index (χ1v) is 8.48. The van der Waals surface area contributed by atoms with Crippen molar-refractivity contribution in [2.24, 2.45) is 0 Å². The molecule has 136 valence electrons. The van der Waals surface area contributed by atoms with Crippen LogP contribution in [0, 0.1) is 0 Å². The fraction of sp³-hybridized carbons (Fsp3) is 0.375. The van der Waals surface area contributed by atoms with Gasteiger partial charge in [0.25, 0.3) is 0 Å². The molecular formula is C16H17F3N2O3S. The quantitative estimate of drug-likeness (QED) is 0.613. The Bertz CT molecular complexity index is 704. The van der Waals surface area contributed by atoms with E-state index in [1.807, 2.05) is 0 Å². The van der Waals surface area contributed by atoms with Crippen LogP contribution in [0.15, 0.2) is 40.4 Å². The number of alkyl halides is 3. The van der Waals surface area contributed by atoms with Crippen LogP contribution in [-0.2, 0) is 15.7 Å². The summed E-state index contributed by atoms with van der Waals surface area (Å²) < 4.78 is 43.3. The average molecular weight is 374 g/mol. The standard InChI is InChI=1S/C16H17F3N2O3S/c1-3-24-14(22)13-9(2)20-15(23)21-12(13)8-25-11-6-4-5-10(7-11)16(17,18)19/h4-7,9H,3,8H2,1-2H3,(H2,20,21,23)/t9-/m1/s1. The van der Waals surface area contributed by atoms with Crippen LogP contribution in [0.3, 0.4) is 0 Å². The number of esters is 1. The predicted molar refractivity (Wildman–Crippen MR) is 87.0 cm³/mol. The highest BCUT2D eigenvalue weighted by Gasteiger charge is 2.31. The van der Waals surface area contributed by atoms with Crippen molar-refractivity contribution in [2.45, 2.75) is 31.0 Å². The molecule has 1 aromatic carbocycles. The highest BCUT2D eigenvalue weighted by atomic mass is 32.2. The molecule has 1 aliphatic rings. The van der Waals surface area contributed by atoms with Crippen molar-refractivity contribution in [3.63, 3.8) is 0 Å². The molecule has 0 spiro atoms. The van der Waals surface area contributed by atoms with Crippen molar-refractivity contribution in [3.05, 3.63) is 41.1 Å². The van der Waals surface area contributed by atoms with Gasteiger partial charge in [-0.1, -0.05) is 6.07 Å². The molecule has 0 aliphatic carbocycles. The normalized spacial score (nSPS) is 17.8. The topological polar surface area (TPSA) is 67.4 Å². The van der Waals surface area contributed by atoms with E-state index in [0.717, 1.165) is 23.9 Å². The molecule has 2 rings (SSSR count). The first kappa shape index (κ1) is 19.2. The molecule has 0 unspecified atom stereocenters. The van der Waals surface area contributed by atoms with Gasteiger partial charge in [-0.05, 0) is 32.0 Å². The number of amides is 2. The van der Waals surface area contributed by atoms with Crippen LogP contribution in [0.5, 0.6) is 0 Å². The highest BCUT2D eigenvalue weighted by molar-refractivity contribution is 7.99. The minimum Gasteiger partial charge on any atom is -0.463 e. The number of hydrogen-bond acceptors (Lipinski definition) is 4. The zero-order valence-electron chi connectivity index (χ0n) is 13.6. The van der Waals surface area contributed by atoms with E-state index in [1.54, 1.807) is 13.8 Å². The maximum absolute atomic E-state index is 12.8. The number of halogens is 3. The van der Waals surface area contributed by atoms with Crippen molar-refractivity contribution < 1.29 is 27.5 Å². The SMILES string of the molecule is CCOC(=O)C1=C(CSc2cccc(C(F)(F)F)c2)NC(=O)N[C@@H]1C.